The molecule has 2 aliphatic rings. The summed E-state index contributed by atoms with van der Waals surface area (Å²) in [5, 5.41) is 2.31. The number of hydrogen-bond acceptors (Lipinski definition) is 5. The summed E-state index contributed by atoms with van der Waals surface area (Å²) in [4.78, 5) is 41.7. The summed E-state index contributed by atoms with van der Waals surface area (Å²) in [5.74, 6) is -0.862. The Morgan fingerprint density at radius 1 is 1.11 bits per heavy atom. The van der Waals surface area contributed by atoms with Crippen molar-refractivity contribution in [3.63, 3.8) is 0 Å². The molecule has 0 aromatic heterocycles. The van der Waals surface area contributed by atoms with E-state index in [2.05, 4.69) is 63.0 Å². The normalized spacial score (nSPS) is 18.3. The Labute approximate surface area is 211 Å². The zero-order valence-corrected chi connectivity index (χ0v) is 21.8. The van der Waals surface area contributed by atoms with E-state index in [1.165, 1.54) is 5.57 Å². The second kappa shape index (κ2) is 9.38. The fourth-order valence-corrected chi connectivity index (χ4v) is 5.79. The van der Waals surface area contributed by atoms with Gasteiger partial charge in [-0.1, -0.05) is 24.3 Å². The van der Waals surface area contributed by atoms with E-state index in [1.807, 2.05) is 31.2 Å². The van der Waals surface area contributed by atoms with Crippen LogP contribution in [0.3, 0.4) is 0 Å². The first-order valence-corrected chi connectivity index (χ1v) is 12.5. The average molecular weight is 490 g/mol. The number of rotatable bonds is 5. The number of carbonyl (C=O) groups is 3. The molecule has 2 aliphatic heterocycles. The van der Waals surface area contributed by atoms with Crippen molar-refractivity contribution in [1.29, 1.82) is 0 Å². The Bertz CT molecular complexity index is 1280. The summed E-state index contributed by atoms with van der Waals surface area (Å²) in [5.41, 5.74) is 5.83. The van der Waals surface area contributed by atoms with Gasteiger partial charge in [-0.2, -0.15) is 0 Å². The number of anilines is 2. The van der Waals surface area contributed by atoms with E-state index in [1.54, 1.807) is 12.1 Å². The van der Waals surface area contributed by atoms with Crippen molar-refractivity contribution in [3.8, 4) is 0 Å². The van der Waals surface area contributed by atoms with Crippen LogP contribution < -0.4 is 10.2 Å². The maximum absolute atomic E-state index is 13.0. The number of carbonyl (C=O) groups excluding carboxylic acids is 3. The molecule has 0 saturated carbocycles. The summed E-state index contributed by atoms with van der Waals surface area (Å²) in [6.07, 6.45) is 4.00. The van der Waals surface area contributed by atoms with Crippen LogP contribution in [0.15, 0.2) is 53.4 Å². The summed E-state index contributed by atoms with van der Waals surface area (Å²) < 4.78 is 0. The maximum Gasteiger partial charge on any atom is 0.294 e. The topological polar surface area (TPSA) is 69.7 Å². The van der Waals surface area contributed by atoms with Crippen molar-refractivity contribution in [3.05, 3.63) is 70.1 Å². The molecule has 35 heavy (non-hydrogen) atoms. The molecule has 1 fully saturated rings. The molecule has 0 aliphatic carbocycles. The van der Waals surface area contributed by atoms with Crippen molar-refractivity contribution < 1.29 is 14.4 Å². The van der Waals surface area contributed by atoms with Crippen LogP contribution >= 0.6 is 11.8 Å². The highest BCUT2D eigenvalue weighted by Gasteiger charge is 2.37. The Kier molecular flexibility index (Phi) is 6.64. The largest absolute Gasteiger partial charge is 0.360 e. The van der Waals surface area contributed by atoms with Gasteiger partial charge in [0.2, 0.25) is 5.91 Å². The number of nitrogens with zero attached hydrogens (tertiary/aromatic N) is 2. The molecule has 2 aromatic rings. The summed E-state index contributed by atoms with van der Waals surface area (Å²) in [7, 11) is 0. The van der Waals surface area contributed by atoms with Crippen LogP contribution in [0.25, 0.3) is 11.6 Å². The number of thioether (sulfide) groups is 1. The van der Waals surface area contributed by atoms with Gasteiger partial charge in [-0.15, -0.1) is 0 Å². The number of imide groups is 1. The first kappa shape index (κ1) is 24.8. The van der Waals surface area contributed by atoms with E-state index in [9.17, 15) is 14.4 Å². The van der Waals surface area contributed by atoms with Crippen LogP contribution in [0, 0.1) is 6.92 Å². The third-order valence-corrected chi connectivity index (χ3v) is 7.09. The SMILES string of the molecule is CC1=CC(C)(C)N(C(C)C)c2ccc(/C=C3\SC(=O)N(CC(=O)Nc4cccc(C)c4)C3=O)cc21. The van der Waals surface area contributed by atoms with Crippen LogP contribution in [-0.4, -0.2) is 40.1 Å². The lowest BCUT2D eigenvalue weighted by Gasteiger charge is -2.46. The highest BCUT2D eigenvalue weighted by molar-refractivity contribution is 8.18. The van der Waals surface area contributed by atoms with E-state index in [4.69, 9.17) is 0 Å². The molecule has 0 unspecified atom stereocenters. The van der Waals surface area contributed by atoms with Crippen LogP contribution in [-0.2, 0) is 9.59 Å². The van der Waals surface area contributed by atoms with E-state index >= 15 is 0 Å². The quantitative estimate of drug-likeness (QED) is 0.516. The predicted octanol–water partition coefficient (Wildman–Crippen LogP) is 6.08. The van der Waals surface area contributed by atoms with E-state index in [0.29, 0.717) is 16.6 Å². The van der Waals surface area contributed by atoms with Crippen LogP contribution in [0.5, 0.6) is 0 Å². The van der Waals surface area contributed by atoms with Gasteiger partial charge in [-0.25, -0.2) is 0 Å². The third kappa shape index (κ3) is 5.05. The third-order valence-electron chi connectivity index (χ3n) is 6.19. The van der Waals surface area contributed by atoms with Gasteiger partial charge in [0, 0.05) is 23.0 Å². The monoisotopic (exact) mass is 489 g/mol. The van der Waals surface area contributed by atoms with E-state index < -0.39 is 17.1 Å². The molecule has 4 rings (SSSR count). The number of benzene rings is 2. The van der Waals surface area contributed by atoms with Gasteiger partial charge in [0.15, 0.2) is 0 Å². The number of allylic oxidation sites excluding steroid dienone is 1. The van der Waals surface area contributed by atoms with Gasteiger partial charge in [-0.3, -0.25) is 19.3 Å². The zero-order valence-electron chi connectivity index (χ0n) is 21.0. The predicted molar refractivity (Wildman–Crippen MR) is 144 cm³/mol. The number of nitrogens with one attached hydrogen (secondary N) is 1. The number of amides is 3. The number of fused-ring (bicyclic) bond motifs is 1. The minimum absolute atomic E-state index is 0.103. The van der Waals surface area contributed by atoms with Gasteiger partial charge >= 0.3 is 0 Å². The molecule has 1 saturated heterocycles. The molecular weight excluding hydrogens is 458 g/mol. The molecule has 0 radical (unpaired) electrons. The molecule has 0 bridgehead atoms. The van der Waals surface area contributed by atoms with Crippen molar-refractivity contribution in [2.45, 2.75) is 53.1 Å². The van der Waals surface area contributed by atoms with Crippen molar-refractivity contribution in [2.75, 3.05) is 16.8 Å². The van der Waals surface area contributed by atoms with Crippen molar-refractivity contribution >= 4 is 51.8 Å². The van der Waals surface area contributed by atoms with Gasteiger partial charge in [0.05, 0.1) is 10.4 Å². The molecule has 0 atom stereocenters. The Morgan fingerprint density at radius 3 is 2.54 bits per heavy atom. The lowest BCUT2D eigenvalue weighted by atomic mass is 9.87. The van der Waals surface area contributed by atoms with Crippen molar-refractivity contribution in [1.82, 2.24) is 4.90 Å². The van der Waals surface area contributed by atoms with Crippen LogP contribution in [0.1, 0.15) is 51.3 Å². The second-order valence-corrected chi connectivity index (χ2v) is 10.9. The molecule has 3 amide bonds. The molecule has 0 spiro atoms. The van der Waals surface area contributed by atoms with Gasteiger partial charge in [0.25, 0.3) is 11.1 Å². The first-order chi connectivity index (χ1) is 16.5. The van der Waals surface area contributed by atoms with E-state index in [-0.39, 0.29) is 12.1 Å². The molecular formula is C28H31N3O3S. The number of hydrogen-bond donors (Lipinski definition) is 1. The lowest BCUT2D eigenvalue weighted by molar-refractivity contribution is -0.127. The van der Waals surface area contributed by atoms with Crippen molar-refractivity contribution in [2.24, 2.45) is 0 Å². The Hall–Kier alpha value is -3.32. The lowest BCUT2D eigenvalue weighted by Crippen LogP contribution is -2.49. The van der Waals surface area contributed by atoms with Gasteiger partial charge in [-0.05, 0) is 100 Å². The maximum atomic E-state index is 13.0. The molecule has 7 heteroatoms. The molecule has 2 aromatic carbocycles. The Balaban J connectivity index is 1.54. The molecule has 6 nitrogen and oxygen atoms in total. The Morgan fingerprint density at radius 2 is 1.86 bits per heavy atom. The average Bonchev–Trinajstić information content (AvgIpc) is 3.00. The standard InChI is InChI=1S/C28H31N3O3S/c1-17(2)31-23-11-10-20(13-22(23)19(4)15-28(31,5)6)14-24-26(33)30(27(34)35-24)16-25(32)29-21-9-7-8-18(3)12-21/h7-15,17H,16H2,1-6H3,(H,29,32)/b24-14-. The molecule has 1 N–H and O–H groups in total. The molecule has 2 heterocycles. The van der Waals surface area contributed by atoms with Gasteiger partial charge in [0.1, 0.15) is 6.54 Å². The summed E-state index contributed by atoms with van der Waals surface area (Å²) in [6.45, 7) is 12.5. The minimum atomic E-state index is -0.450. The van der Waals surface area contributed by atoms with Crippen LogP contribution in [0.4, 0.5) is 16.2 Å². The summed E-state index contributed by atoms with van der Waals surface area (Å²) >= 11 is 0.864. The first-order valence-electron chi connectivity index (χ1n) is 11.7. The highest BCUT2D eigenvalue weighted by atomic mass is 32.2. The smallest absolute Gasteiger partial charge is 0.294 e. The zero-order chi connectivity index (χ0) is 25.5. The minimum Gasteiger partial charge on any atom is -0.360 e. The van der Waals surface area contributed by atoms with E-state index in [0.717, 1.165) is 39.0 Å². The summed E-state index contributed by atoms with van der Waals surface area (Å²) in [6, 6.07) is 13.8. The molecule has 182 valence electrons. The van der Waals surface area contributed by atoms with Gasteiger partial charge < -0.3 is 10.2 Å². The van der Waals surface area contributed by atoms with Crippen LogP contribution in [0.2, 0.25) is 0 Å². The highest BCUT2D eigenvalue weighted by Crippen LogP contribution is 2.41. The fourth-order valence-electron chi connectivity index (χ4n) is 4.96. The fraction of sp³-hybridized carbons (Fsp3) is 0.321. The number of aryl methyl sites for hydroxylation is 1. The second-order valence-electron chi connectivity index (χ2n) is 9.91.